The summed E-state index contributed by atoms with van der Waals surface area (Å²) >= 11 is 0. The second-order valence-corrected chi connectivity index (χ2v) is 4.33. The molecule has 0 spiro atoms. The Morgan fingerprint density at radius 3 is 2.75 bits per heavy atom. The van der Waals surface area contributed by atoms with Crippen LogP contribution in [0.3, 0.4) is 0 Å². The topological polar surface area (TPSA) is 62.2 Å². The summed E-state index contributed by atoms with van der Waals surface area (Å²) < 4.78 is 0. The molecule has 1 heterocycles. The number of aromatic hydroxyl groups is 1. The van der Waals surface area contributed by atoms with E-state index in [4.69, 9.17) is 5.11 Å². The highest BCUT2D eigenvalue weighted by Crippen LogP contribution is 2.09. The molecule has 0 aliphatic rings. The maximum absolute atomic E-state index is 11.6. The van der Waals surface area contributed by atoms with Crippen molar-refractivity contribution in [2.24, 2.45) is 0 Å². The summed E-state index contributed by atoms with van der Waals surface area (Å²) in [5.74, 6) is 0.116. The van der Waals surface area contributed by atoms with Gasteiger partial charge in [0.2, 0.25) is 5.91 Å². The molecule has 20 heavy (non-hydrogen) atoms. The summed E-state index contributed by atoms with van der Waals surface area (Å²) in [5, 5.41) is 12.0. The number of hydrogen-bond donors (Lipinski definition) is 2. The molecule has 0 atom stereocenters. The van der Waals surface area contributed by atoms with Crippen LogP contribution in [0.2, 0.25) is 0 Å². The Balaban J connectivity index is 1.75. The highest BCUT2D eigenvalue weighted by atomic mass is 16.3. The second kappa shape index (κ2) is 7.09. The number of carbonyl (C=O) groups is 1. The molecule has 2 aromatic rings. The Morgan fingerprint density at radius 1 is 1.25 bits per heavy atom. The summed E-state index contributed by atoms with van der Waals surface area (Å²) in [4.78, 5) is 15.6. The van der Waals surface area contributed by atoms with Crippen molar-refractivity contribution in [2.45, 2.75) is 6.42 Å². The average Bonchev–Trinajstić information content (AvgIpc) is 2.48. The van der Waals surface area contributed by atoms with E-state index in [2.05, 4.69) is 10.3 Å². The molecule has 0 aliphatic heterocycles. The molecule has 1 aromatic heterocycles. The smallest absolute Gasteiger partial charge is 0.244 e. The number of hydrogen-bond acceptors (Lipinski definition) is 3. The number of phenols is 1. The first-order valence-electron chi connectivity index (χ1n) is 6.38. The van der Waals surface area contributed by atoms with Crippen molar-refractivity contribution in [3.63, 3.8) is 0 Å². The van der Waals surface area contributed by atoms with Gasteiger partial charge < -0.3 is 10.4 Å². The van der Waals surface area contributed by atoms with Crippen LogP contribution in [0.4, 0.5) is 0 Å². The molecule has 0 saturated heterocycles. The van der Waals surface area contributed by atoms with Crippen LogP contribution in [0, 0.1) is 0 Å². The Morgan fingerprint density at radius 2 is 2.05 bits per heavy atom. The van der Waals surface area contributed by atoms with Gasteiger partial charge in [0.15, 0.2) is 0 Å². The minimum absolute atomic E-state index is 0.132. The number of carbonyl (C=O) groups excluding carboxylic acids is 1. The molecule has 2 N–H and O–H groups in total. The van der Waals surface area contributed by atoms with E-state index in [1.54, 1.807) is 30.6 Å². The summed E-state index contributed by atoms with van der Waals surface area (Å²) in [5.41, 5.74) is 1.96. The third-order valence-corrected chi connectivity index (χ3v) is 2.76. The summed E-state index contributed by atoms with van der Waals surface area (Å²) in [6.07, 6.45) is 7.33. The van der Waals surface area contributed by atoms with E-state index >= 15 is 0 Å². The molecule has 1 amide bonds. The van der Waals surface area contributed by atoms with Crippen molar-refractivity contribution in [3.8, 4) is 5.75 Å². The summed E-state index contributed by atoms with van der Waals surface area (Å²) in [6, 6.07) is 10.7. The quantitative estimate of drug-likeness (QED) is 0.817. The van der Waals surface area contributed by atoms with Gasteiger partial charge in [-0.1, -0.05) is 18.2 Å². The van der Waals surface area contributed by atoms with Crippen LogP contribution in [0.25, 0.3) is 6.08 Å². The molecular formula is C16H16N2O2. The molecule has 4 heteroatoms. The molecule has 0 fully saturated rings. The monoisotopic (exact) mass is 268 g/mol. The maximum atomic E-state index is 11.6. The predicted octanol–water partition coefficient (Wildman–Crippen LogP) is 2.16. The van der Waals surface area contributed by atoms with E-state index in [1.807, 2.05) is 24.3 Å². The Bertz CT molecular complexity index is 577. The number of phenolic OH excluding ortho intramolecular Hbond substituents is 1. The van der Waals surface area contributed by atoms with Crippen LogP contribution >= 0.6 is 0 Å². The maximum Gasteiger partial charge on any atom is 0.244 e. The number of pyridine rings is 1. The molecule has 2 rings (SSSR count). The lowest BCUT2D eigenvalue weighted by Crippen LogP contribution is -2.23. The number of aromatic nitrogens is 1. The van der Waals surface area contributed by atoms with Crippen LogP contribution in [0.15, 0.2) is 54.9 Å². The first kappa shape index (κ1) is 13.8. The van der Waals surface area contributed by atoms with Gasteiger partial charge in [-0.2, -0.15) is 0 Å². The van der Waals surface area contributed by atoms with Gasteiger partial charge in [-0.25, -0.2) is 0 Å². The van der Waals surface area contributed by atoms with E-state index in [-0.39, 0.29) is 11.7 Å². The van der Waals surface area contributed by atoms with Gasteiger partial charge in [-0.3, -0.25) is 9.78 Å². The predicted molar refractivity (Wildman–Crippen MR) is 78.1 cm³/mol. The van der Waals surface area contributed by atoms with Crippen LogP contribution in [0.1, 0.15) is 11.1 Å². The fourth-order valence-electron chi connectivity index (χ4n) is 1.70. The zero-order chi connectivity index (χ0) is 14.2. The van der Waals surface area contributed by atoms with E-state index < -0.39 is 0 Å². The van der Waals surface area contributed by atoms with Crippen molar-refractivity contribution in [3.05, 3.63) is 66.0 Å². The fourth-order valence-corrected chi connectivity index (χ4v) is 1.70. The van der Waals surface area contributed by atoms with Crippen molar-refractivity contribution >= 4 is 12.0 Å². The Labute approximate surface area is 117 Å². The van der Waals surface area contributed by atoms with E-state index in [9.17, 15) is 4.79 Å². The van der Waals surface area contributed by atoms with Gasteiger partial charge in [0, 0.05) is 25.0 Å². The highest BCUT2D eigenvalue weighted by molar-refractivity contribution is 5.91. The molecule has 1 aromatic carbocycles. The number of rotatable bonds is 5. The third-order valence-electron chi connectivity index (χ3n) is 2.76. The second-order valence-electron chi connectivity index (χ2n) is 4.33. The number of amides is 1. The largest absolute Gasteiger partial charge is 0.508 e. The lowest BCUT2D eigenvalue weighted by molar-refractivity contribution is -0.116. The van der Waals surface area contributed by atoms with Crippen LogP contribution in [0.5, 0.6) is 5.75 Å². The first-order valence-corrected chi connectivity index (χ1v) is 6.38. The molecule has 0 aliphatic carbocycles. The van der Waals surface area contributed by atoms with E-state index in [0.717, 1.165) is 17.5 Å². The first-order chi connectivity index (χ1) is 9.74. The number of nitrogens with one attached hydrogen (secondary N) is 1. The minimum atomic E-state index is -0.132. The van der Waals surface area contributed by atoms with Crippen LogP contribution in [-0.2, 0) is 11.2 Å². The van der Waals surface area contributed by atoms with Gasteiger partial charge in [0.1, 0.15) is 5.75 Å². The van der Waals surface area contributed by atoms with Crippen molar-refractivity contribution in [1.29, 1.82) is 0 Å². The Kier molecular flexibility index (Phi) is 4.89. The zero-order valence-electron chi connectivity index (χ0n) is 11.0. The molecule has 0 bridgehead atoms. The van der Waals surface area contributed by atoms with Crippen molar-refractivity contribution < 1.29 is 9.90 Å². The lowest BCUT2D eigenvalue weighted by Gasteiger charge is -2.03. The zero-order valence-corrected chi connectivity index (χ0v) is 11.0. The van der Waals surface area contributed by atoms with Crippen molar-refractivity contribution in [2.75, 3.05) is 6.54 Å². The van der Waals surface area contributed by atoms with Gasteiger partial charge >= 0.3 is 0 Å². The molecule has 0 saturated carbocycles. The molecule has 0 radical (unpaired) electrons. The van der Waals surface area contributed by atoms with Crippen LogP contribution < -0.4 is 5.32 Å². The molecule has 102 valence electrons. The third kappa shape index (κ3) is 4.57. The number of nitrogens with zero attached hydrogens (tertiary/aromatic N) is 1. The van der Waals surface area contributed by atoms with Gasteiger partial charge in [0.25, 0.3) is 0 Å². The van der Waals surface area contributed by atoms with Gasteiger partial charge in [-0.05, 0) is 41.8 Å². The van der Waals surface area contributed by atoms with Gasteiger partial charge in [0.05, 0.1) is 0 Å². The molecular weight excluding hydrogens is 252 g/mol. The van der Waals surface area contributed by atoms with E-state index in [0.29, 0.717) is 6.54 Å². The number of benzene rings is 1. The molecule has 4 nitrogen and oxygen atoms in total. The Hall–Kier alpha value is -2.62. The highest BCUT2D eigenvalue weighted by Gasteiger charge is 1.97. The fraction of sp³-hybridized carbons (Fsp3) is 0.125. The molecule has 0 unspecified atom stereocenters. The average molecular weight is 268 g/mol. The summed E-state index contributed by atoms with van der Waals surface area (Å²) in [7, 11) is 0. The SMILES string of the molecule is O=C(C=Cc1cccnc1)NCCc1ccc(O)cc1. The lowest BCUT2D eigenvalue weighted by atomic mass is 10.1. The summed E-state index contributed by atoms with van der Waals surface area (Å²) in [6.45, 7) is 0.557. The standard InChI is InChI=1S/C16H16N2O2/c19-15-6-3-13(4-7-15)9-11-18-16(20)8-5-14-2-1-10-17-12-14/h1-8,10,12,19H,9,11H2,(H,18,20). The van der Waals surface area contributed by atoms with Crippen molar-refractivity contribution in [1.82, 2.24) is 10.3 Å². The normalized spacial score (nSPS) is 10.6. The van der Waals surface area contributed by atoms with Gasteiger partial charge in [-0.15, -0.1) is 0 Å². The van der Waals surface area contributed by atoms with E-state index in [1.165, 1.54) is 6.08 Å². The van der Waals surface area contributed by atoms with Crippen LogP contribution in [-0.4, -0.2) is 22.5 Å². The minimum Gasteiger partial charge on any atom is -0.508 e.